The third-order valence-electron chi connectivity index (χ3n) is 1.86. The predicted octanol–water partition coefficient (Wildman–Crippen LogP) is 1.17. The quantitative estimate of drug-likeness (QED) is 0.473. The Labute approximate surface area is 88.5 Å². The lowest BCUT2D eigenvalue weighted by Gasteiger charge is -2.02. The zero-order valence-corrected chi connectivity index (χ0v) is 7.84. The number of hydrogen-bond acceptors (Lipinski definition) is 4. The van der Waals surface area contributed by atoms with Gasteiger partial charge < -0.3 is 5.11 Å². The SMILES string of the molecule is O=Cc1cc(CC(=O)O)c([N+](=O)[O-])cc1F. The lowest BCUT2D eigenvalue weighted by molar-refractivity contribution is -0.385. The van der Waals surface area contributed by atoms with E-state index in [4.69, 9.17) is 5.11 Å². The van der Waals surface area contributed by atoms with Crippen LogP contribution in [0, 0.1) is 15.9 Å². The highest BCUT2D eigenvalue weighted by Gasteiger charge is 2.19. The Kier molecular flexibility index (Phi) is 3.29. The first-order valence-electron chi connectivity index (χ1n) is 4.09. The van der Waals surface area contributed by atoms with E-state index in [1.165, 1.54) is 0 Å². The highest BCUT2D eigenvalue weighted by Crippen LogP contribution is 2.22. The fourth-order valence-electron chi connectivity index (χ4n) is 1.19. The molecule has 84 valence electrons. The van der Waals surface area contributed by atoms with Crippen molar-refractivity contribution in [3.8, 4) is 0 Å². The van der Waals surface area contributed by atoms with Crippen molar-refractivity contribution in [3.63, 3.8) is 0 Å². The zero-order chi connectivity index (χ0) is 12.3. The number of rotatable bonds is 4. The molecule has 0 amide bonds. The Morgan fingerprint density at radius 2 is 2.19 bits per heavy atom. The maximum Gasteiger partial charge on any atom is 0.308 e. The van der Waals surface area contributed by atoms with Gasteiger partial charge in [0.2, 0.25) is 0 Å². The summed E-state index contributed by atoms with van der Waals surface area (Å²) in [5, 5.41) is 19.0. The summed E-state index contributed by atoms with van der Waals surface area (Å²) in [5.74, 6) is -2.35. The number of benzene rings is 1. The molecule has 0 aromatic heterocycles. The molecule has 0 heterocycles. The van der Waals surface area contributed by atoms with Crippen molar-refractivity contribution in [2.24, 2.45) is 0 Å². The second-order valence-corrected chi connectivity index (χ2v) is 2.95. The van der Waals surface area contributed by atoms with E-state index in [2.05, 4.69) is 0 Å². The Morgan fingerprint density at radius 3 is 2.62 bits per heavy atom. The molecule has 7 heteroatoms. The van der Waals surface area contributed by atoms with Crippen LogP contribution in [0.3, 0.4) is 0 Å². The van der Waals surface area contributed by atoms with Gasteiger partial charge in [0, 0.05) is 5.56 Å². The van der Waals surface area contributed by atoms with E-state index in [0.29, 0.717) is 6.07 Å². The number of aldehydes is 1. The van der Waals surface area contributed by atoms with Gasteiger partial charge in [-0.05, 0) is 6.07 Å². The van der Waals surface area contributed by atoms with E-state index < -0.39 is 34.4 Å². The van der Waals surface area contributed by atoms with Crippen LogP contribution in [-0.4, -0.2) is 22.3 Å². The van der Waals surface area contributed by atoms with Crippen molar-refractivity contribution >= 4 is 17.9 Å². The second kappa shape index (κ2) is 4.47. The number of aliphatic carboxylic acids is 1. The fourth-order valence-corrected chi connectivity index (χ4v) is 1.19. The number of nitro groups is 1. The number of carbonyl (C=O) groups is 2. The summed E-state index contributed by atoms with van der Waals surface area (Å²) in [6.45, 7) is 0. The van der Waals surface area contributed by atoms with Crippen LogP contribution in [-0.2, 0) is 11.2 Å². The van der Waals surface area contributed by atoms with Gasteiger partial charge >= 0.3 is 5.97 Å². The van der Waals surface area contributed by atoms with Crippen LogP contribution in [0.25, 0.3) is 0 Å². The van der Waals surface area contributed by atoms with E-state index in [9.17, 15) is 24.1 Å². The summed E-state index contributed by atoms with van der Waals surface area (Å²) in [7, 11) is 0. The van der Waals surface area contributed by atoms with Crippen LogP contribution in [0.5, 0.6) is 0 Å². The van der Waals surface area contributed by atoms with Crippen LogP contribution in [0.1, 0.15) is 15.9 Å². The van der Waals surface area contributed by atoms with E-state index in [1.54, 1.807) is 0 Å². The number of carboxylic acids is 1. The third-order valence-corrected chi connectivity index (χ3v) is 1.86. The highest BCUT2D eigenvalue weighted by atomic mass is 19.1. The molecule has 0 fully saturated rings. The molecule has 1 N–H and O–H groups in total. The Bertz CT molecular complexity index is 471. The summed E-state index contributed by atoms with van der Waals surface area (Å²) >= 11 is 0. The number of carboxylic acid groups (broad SMARTS) is 1. The van der Waals surface area contributed by atoms with Gasteiger partial charge in [0.15, 0.2) is 6.29 Å². The first-order chi connectivity index (χ1) is 7.45. The van der Waals surface area contributed by atoms with Gasteiger partial charge in [0.25, 0.3) is 5.69 Å². The number of carbonyl (C=O) groups excluding carboxylic acids is 1. The average molecular weight is 227 g/mol. The topological polar surface area (TPSA) is 97.5 Å². The largest absolute Gasteiger partial charge is 0.481 e. The monoisotopic (exact) mass is 227 g/mol. The maximum atomic E-state index is 13.0. The van der Waals surface area contributed by atoms with Crippen molar-refractivity contribution in [3.05, 3.63) is 39.2 Å². The predicted molar refractivity (Wildman–Crippen MR) is 49.8 cm³/mol. The Balaban J connectivity index is 3.35. The van der Waals surface area contributed by atoms with Crippen molar-refractivity contribution in [1.29, 1.82) is 0 Å². The molecule has 1 aromatic carbocycles. The minimum atomic E-state index is -1.30. The molecule has 0 saturated carbocycles. The molecule has 0 aliphatic heterocycles. The van der Waals surface area contributed by atoms with Crippen LogP contribution in [0.2, 0.25) is 0 Å². The minimum absolute atomic E-state index is 0.171. The molecule has 0 aliphatic rings. The molecule has 0 bridgehead atoms. The van der Waals surface area contributed by atoms with Crippen LogP contribution in [0.4, 0.5) is 10.1 Å². The Morgan fingerprint density at radius 1 is 1.56 bits per heavy atom. The van der Waals surface area contributed by atoms with Crippen molar-refractivity contribution in [1.82, 2.24) is 0 Å². The third kappa shape index (κ3) is 2.38. The number of nitrogens with zero attached hydrogens (tertiary/aromatic N) is 1. The van der Waals surface area contributed by atoms with Crippen LogP contribution < -0.4 is 0 Å². The van der Waals surface area contributed by atoms with Crippen molar-refractivity contribution < 1.29 is 24.0 Å². The summed E-state index contributed by atoms with van der Waals surface area (Å²) in [5.41, 5.74) is -1.26. The smallest absolute Gasteiger partial charge is 0.308 e. The van der Waals surface area contributed by atoms with Crippen molar-refractivity contribution in [2.75, 3.05) is 0 Å². The Hall–Kier alpha value is -2.31. The van der Waals surface area contributed by atoms with Gasteiger partial charge in [0.05, 0.1) is 23.0 Å². The van der Waals surface area contributed by atoms with Gasteiger partial charge in [-0.15, -0.1) is 0 Å². The summed E-state index contributed by atoms with van der Waals surface area (Å²) in [6, 6.07) is 1.41. The van der Waals surface area contributed by atoms with E-state index >= 15 is 0 Å². The standard InChI is InChI=1S/C9H6FNO5/c10-7-3-8(11(15)16)5(2-9(13)14)1-6(7)4-12/h1,3-4H,2H2,(H,13,14). The molecule has 0 saturated heterocycles. The summed E-state index contributed by atoms with van der Waals surface area (Å²) in [4.78, 5) is 30.4. The molecule has 0 aliphatic carbocycles. The maximum absolute atomic E-state index is 13.0. The van der Waals surface area contributed by atoms with E-state index in [0.717, 1.165) is 6.07 Å². The average Bonchev–Trinajstić information content (AvgIpc) is 2.19. The van der Waals surface area contributed by atoms with Gasteiger partial charge in [0.1, 0.15) is 5.82 Å². The van der Waals surface area contributed by atoms with Gasteiger partial charge in [-0.2, -0.15) is 0 Å². The number of halogens is 1. The number of nitro benzene ring substituents is 1. The van der Waals surface area contributed by atoms with Crippen molar-refractivity contribution in [2.45, 2.75) is 6.42 Å². The molecule has 0 radical (unpaired) electrons. The molecular formula is C9H6FNO5. The lowest BCUT2D eigenvalue weighted by atomic mass is 10.1. The second-order valence-electron chi connectivity index (χ2n) is 2.95. The molecular weight excluding hydrogens is 221 g/mol. The first kappa shape index (κ1) is 11.8. The molecule has 16 heavy (non-hydrogen) atoms. The fraction of sp³-hybridized carbons (Fsp3) is 0.111. The minimum Gasteiger partial charge on any atom is -0.481 e. The molecule has 0 atom stereocenters. The van der Waals surface area contributed by atoms with Gasteiger partial charge in [-0.25, -0.2) is 4.39 Å². The van der Waals surface area contributed by atoms with E-state index in [1.807, 2.05) is 0 Å². The normalized spacial score (nSPS) is 9.81. The zero-order valence-electron chi connectivity index (χ0n) is 7.84. The molecule has 1 aromatic rings. The molecule has 0 unspecified atom stereocenters. The van der Waals surface area contributed by atoms with Crippen LogP contribution in [0.15, 0.2) is 12.1 Å². The summed E-state index contributed by atoms with van der Waals surface area (Å²) in [6.07, 6.45) is -0.470. The van der Waals surface area contributed by atoms with Crippen LogP contribution >= 0.6 is 0 Å². The summed E-state index contributed by atoms with van der Waals surface area (Å²) < 4.78 is 13.0. The molecule has 1 rings (SSSR count). The van der Waals surface area contributed by atoms with Gasteiger partial charge in [-0.1, -0.05) is 0 Å². The molecule has 0 spiro atoms. The lowest BCUT2D eigenvalue weighted by Crippen LogP contribution is -2.05. The van der Waals surface area contributed by atoms with Gasteiger partial charge in [-0.3, -0.25) is 19.7 Å². The molecule has 6 nitrogen and oxygen atoms in total. The number of hydrogen-bond donors (Lipinski definition) is 1. The highest BCUT2D eigenvalue weighted by molar-refractivity contribution is 5.79. The first-order valence-corrected chi connectivity index (χ1v) is 4.09. The van der Waals surface area contributed by atoms with E-state index in [-0.39, 0.29) is 11.8 Å².